The van der Waals surface area contributed by atoms with Gasteiger partial charge in [0.1, 0.15) is 18.1 Å². The topological polar surface area (TPSA) is 123 Å². The van der Waals surface area contributed by atoms with Gasteiger partial charge in [0.25, 0.3) is 17.4 Å². The van der Waals surface area contributed by atoms with Crippen molar-refractivity contribution >= 4 is 23.1 Å². The predicted molar refractivity (Wildman–Crippen MR) is 127 cm³/mol. The lowest BCUT2D eigenvalue weighted by atomic mass is 9.95. The molecule has 4 rings (SSSR count). The van der Waals surface area contributed by atoms with Crippen molar-refractivity contribution in [2.45, 2.75) is 12.6 Å². The molecule has 1 unspecified atom stereocenters. The molecule has 0 saturated carbocycles. The standard InChI is InChI=1S/C26H21N3O6/c1-2-13-35-21-10-8-18(9-11-21)24(30)22-23(19-6-3-7-20(14-19)29(33)34)28(26(32)25(22)31)16-17-5-4-12-27-15-17/h2-12,14-15,23,30H,1,13,16H2/b24-22+. The third-order valence-electron chi connectivity index (χ3n) is 5.51. The van der Waals surface area contributed by atoms with E-state index < -0.39 is 22.7 Å². The highest BCUT2D eigenvalue weighted by Crippen LogP contribution is 2.41. The molecule has 3 aromatic rings. The molecule has 35 heavy (non-hydrogen) atoms. The first-order chi connectivity index (χ1) is 16.9. The fourth-order valence-corrected chi connectivity index (χ4v) is 3.91. The molecule has 0 spiro atoms. The van der Waals surface area contributed by atoms with Crippen molar-refractivity contribution in [1.82, 2.24) is 9.88 Å². The molecule has 1 aliphatic heterocycles. The van der Waals surface area contributed by atoms with Gasteiger partial charge in [-0.25, -0.2) is 0 Å². The summed E-state index contributed by atoms with van der Waals surface area (Å²) >= 11 is 0. The second-order valence-corrected chi connectivity index (χ2v) is 7.76. The Bertz CT molecular complexity index is 1320. The van der Waals surface area contributed by atoms with E-state index in [0.717, 1.165) is 0 Å². The molecule has 1 fully saturated rings. The van der Waals surface area contributed by atoms with Gasteiger partial charge in [0, 0.05) is 36.6 Å². The predicted octanol–water partition coefficient (Wildman–Crippen LogP) is 4.18. The summed E-state index contributed by atoms with van der Waals surface area (Å²) in [6, 6.07) is 14.4. The van der Waals surface area contributed by atoms with Crippen LogP contribution in [0.4, 0.5) is 5.69 Å². The molecule has 1 atom stereocenters. The lowest BCUT2D eigenvalue weighted by Crippen LogP contribution is -2.29. The summed E-state index contributed by atoms with van der Waals surface area (Å²) in [5.41, 5.74) is 0.936. The number of aromatic nitrogens is 1. The second-order valence-electron chi connectivity index (χ2n) is 7.76. The number of Topliss-reactive ketones (excluding diaryl/α,β-unsaturated/α-hetero) is 1. The summed E-state index contributed by atoms with van der Waals surface area (Å²) in [4.78, 5) is 42.4. The Balaban J connectivity index is 1.82. The maximum atomic E-state index is 13.1. The average molecular weight is 471 g/mol. The number of carbonyl (C=O) groups is 2. The van der Waals surface area contributed by atoms with E-state index >= 15 is 0 Å². The fourth-order valence-electron chi connectivity index (χ4n) is 3.91. The van der Waals surface area contributed by atoms with E-state index in [-0.39, 0.29) is 23.6 Å². The summed E-state index contributed by atoms with van der Waals surface area (Å²) in [7, 11) is 0. The number of likely N-dealkylation sites (tertiary alicyclic amines) is 1. The monoisotopic (exact) mass is 471 g/mol. The molecule has 1 N–H and O–H groups in total. The highest BCUT2D eigenvalue weighted by atomic mass is 16.6. The Labute approximate surface area is 200 Å². The smallest absolute Gasteiger partial charge is 0.295 e. The number of pyridine rings is 1. The number of amides is 1. The third-order valence-corrected chi connectivity index (χ3v) is 5.51. The van der Waals surface area contributed by atoms with Gasteiger partial charge in [-0.2, -0.15) is 0 Å². The first kappa shape index (κ1) is 23.4. The van der Waals surface area contributed by atoms with Gasteiger partial charge < -0.3 is 14.7 Å². The van der Waals surface area contributed by atoms with Crippen LogP contribution in [0.5, 0.6) is 5.75 Å². The van der Waals surface area contributed by atoms with Gasteiger partial charge in [0.05, 0.1) is 16.5 Å². The number of benzene rings is 2. The van der Waals surface area contributed by atoms with Crippen molar-refractivity contribution in [3.63, 3.8) is 0 Å². The molecule has 0 radical (unpaired) electrons. The van der Waals surface area contributed by atoms with Gasteiger partial charge in [-0.05, 0) is 41.5 Å². The fraction of sp³-hybridized carbons (Fsp3) is 0.115. The zero-order valence-electron chi connectivity index (χ0n) is 18.5. The maximum absolute atomic E-state index is 13.1. The molecule has 0 bridgehead atoms. The van der Waals surface area contributed by atoms with Crippen molar-refractivity contribution in [2.75, 3.05) is 6.61 Å². The van der Waals surface area contributed by atoms with E-state index in [0.29, 0.717) is 29.0 Å². The number of non-ortho nitro benzene ring substituents is 1. The van der Waals surface area contributed by atoms with Crippen molar-refractivity contribution in [1.29, 1.82) is 0 Å². The van der Waals surface area contributed by atoms with Gasteiger partial charge in [0.15, 0.2) is 0 Å². The minimum Gasteiger partial charge on any atom is -0.507 e. The zero-order valence-corrected chi connectivity index (χ0v) is 18.5. The molecule has 9 nitrogen and oxygen atoms in total. The van der Waals surface area contributed by atoms with E-state index in [4.69, 9.17) is 4.74 Å². The van der Waals surface area contributed by atoms with Gasteiger partial charge in [-0.3, -0.25) is 24.7 Å². The van der Waals surface area contributed by atoms with Crippen LogP contribution in [0.3, 0.4) is 0 Å². The number of carbonyl (C=O) groups excluding carboxylic acids is 2. The van der Waals surface area contributed by atoms with Crippen LogP contribution in [0.1, 0.15) is 22.7 Å². The van der Waals surface area contributed by atoms with Crippen LogP contribution in [0.25, 0.3) is 5.76 Å². The van der Waals surface area contributed by atoms with E-state index in [1.54, 1.807) is 60.9 Å². The molecule has 1 saturated heterocycles. The SMILES string of the molecule is C=CCOc1ccc(/C(O)=C2\C(=O)C(=O)N(Cc3cccnc3)C2c2cccc([N+](=O)[O-])c2)cc1. The Hall–Kier alpha value is -4.79. The van der Waals surface area contributed by atoms with Gasteiger partial charge in [-0.15, -0.1) is 0 Å². The molecule has 1 aromatic heterocycles. The van der Waals surface area contributed by atoms with Crippen molar-refractivity contribution in [3.05, 3.63) is 118 Å². The Morgan fingerprint density at radius 3 is 2.60 bits per heavy atom. The molecule has 176 valence electrons. The molecule has 2 heterocycles. The molecule has 1 aliphatic rings. The molecular weight excluding hydrogens is 450 g/mol. The zero-order chi connectivity index (χ0) is 24.9. The highest BCUT2D eigenvalue weighted by molar-refractivity contribution is 6.46. The van der Waals surface area contributed by atoms with Crippen molar-refractivity contribution < 1.29 is 24.4 Å². The number of aliphatic hydroxyl groups excluding tert-OH is 1. The number of ketones is 1. The Kier molecular flexibility index (Phi) is 6.68. The number of ether oxygens (including phenoxy) is 1. The molecule has 0 aliphatic carbocycles. The van der Waals surface area contributed by atoms with Crippen LogP contribution >= 0.6 is 0 Å². The normalized spacial score (nSPS) is 16.8. The number of nitrogens with zero attached hydrogens (tertiary/aromatic N) is 3. The van der Waals surface area contributed by atoms with Crippen LogP contribution in [0.15, 0.2) is 91.3 Å². The average Bonchev–Trinajstić information content (AvgIpc) is 3.13. The third kappa shape index (κ3) is 4.79. The largest absolute Gasteiger partial charge is 0.507 e. The van der Waals surface area contributed by atoms with Crippen LogP contribution in [0, 0.1) is 10.1 Å². The summed E-state index contributed by atoms with van der Waals surface area (Å²) in [6.45, 7) is 3.92. The number of hydrogen-bond acceptors (Lipinski definition) is 7. The second kappa shape index (κ2) is 10.0. The molecule has 9 heteroatoms. The first-order valence-corrected chi connectivity index (χ1v) is 10.7. The van der Waals surface area contributed by atoms with E-state index in [2.05, 4.69) is 11.6 Å². The lowest BCUT2D eigenvalue weighted by Gasteiger charge is -2.25. The van der Waals surface area contributed by atoms with Crippen LogP contribution < -0.4 is 4.74 Å². The summed E-state index contributed by atoms with van der Waals surface area (Å²) in [6.07, 6.45) is 4.74. The van der Waals surface area contributed by atoms with E-state index in [1.165, 1.54) is 23.1 Å². The molecule has 2 aromatic carbocycles. The maximum Gasteiger partial charge on any atom is 0.295 e. The van der Waals surface area contributed by atoms with Crippen LogP contribution in [-0.2, 0) is 16.1 Å². The van der Waals surface area contributed by atoms with Crippen molar-refractivity contribution in [3.8, 4) is 5.75 Å². The Morgan fingerprint density at radius 1 is 1.17 bits per heavy atom. The number of rotatable bonds is 8. The first-order valence-electron chi connectivity index (χ1n) is 10.7. The number of nitro groups is 1. The minimum atomic E-state index is -1.04. The van der Waals surface area contributed by atoms with Gasteiger partial charge in [0.2, 0.25) is 0 Å². The lowest BCUT2D eigenvalue weighted by molar-refractivity contribution is -0.384. The Morgan fingerprint density at radius 2 is 1.94 bits per heavy atom. The van der Waals surface area contributed by atoms with Gasteiger partial charge >= 0.3 is 0 Å². The number of hydrogen-bond donors (Lipinski definition) is 1. The minimum absolute atomic E-state index is 0.0247. The van der Waals surface area contributed by atoms with Crippen molar-refractivity contribution in [2.24, 2.45) is 0 Å². The summed E-state index contributed by atoms with van der Waals surface area (Å²) in [5, 5.41) is 22.5. The molecule has 1 amide bonds. The van der Waals surface area contributed by atoms with Crippen LogP contribution in [-0.4, -0.2) is 38.2 Å². The summed E-state index contributed by atoms with van der Waals surface area (Å²) < 4.78 is 5.45. The highest BCUT2D eigenvalue weighted by Gasteiger charge is 2.46. The number of aliphatic hydroxyl groups is 1. The quantitative estimate of drug-likeness (QED) is 0.131. The van der Waals surface area contributed by atoms with Crippen LogP contribution in [0.2, 0.25) is 0 Å². The number of nitro benzene ring substituents is 1. The van der Waals surface area contributed by atoms with E-state index in [9.17, 15) is 24.8 Å². The molecular formula is C26H21N3O6. The van der Waals surface area contributed by atoms with E-state index in [1.807, 2.05) is 0 Å². The van der Waals surface area contributed by atoms with Gasteiger partial charge in [-0.1, -0.05) is 30.9 Å². The summed E-state index contributed by atoms with van der Waals surface area (Å²) in [5.74, 6) is -1.55.